The Morgan fingerprint density at radius 2 is 1.26 bits per heavy atom. The van der Waals surface area contributed by atoms with E-state index in [0.717, 1.165) is 95.6 Å². The van der Waals surface area contributed by atoms with E-state index in [1.54, 1.807) is 48.7 Å². The number of ether oxygens (including phenoxy) is 2. The molecule has 19 nitrogen and oxygen atoms in total. The van der Waals surface area contributed by atoms with Crippen LogP contribution in [-0.2, 0) is 9.53 Å². The van der Waals surface area contributed by atoms with Crippen LogP contribution in [0.15, 0.2) is 113 Å². The summed E-state index contributed by atoms with van der Waals surface area (Å²) in [5.41, 5.74) is 4.45. The first-order chi connectivity index (χ1) is 41.3. The van der Waals surface area contributed by atoms with Gasteiger partial charge in [0.1, 0.15) is 35.2 Å². The molecule has 9 heterocycles. The van der Waals surface area contributed by atoms with Crippen LogP contribution < -0.4 is 41.6 Å². The van der Waals surface area contributed by atoms with Crippen molar-refractivity contribution in [2.24, 2.45) is 5.92 Å². The molecule has 4 aliphatic rings. The first-order valence-electron chi connectivity index (χ1n) is 29.6. The topological polar surface area (TPSA) is 222 Å². The Hall–Kier alpha value is -8.37. The second-order valence-corrected chi connectivity index (χ2v) is 23.1. The third-order valence-corrected chi connectivity index (χ3v) is 16.8. The van der Waals surface area contributed by atoms with Gasteiger partial charge >= 0.3 is 0 Å². The number of nitrogens with one attached hydrogen (secondary N) is 5. The Kier molecular flexibility index (Phi) is 16.8. The summed E-state index contributed by atoms with van der Waals surface area (Å²) in [6.45, 7) is 10.4. The maximum absolute atomic E-state index is 16.3. The highest BCUT2D eigenvalue weighted by Gasteiger charge is 2.32. The summed E-state index contributed by atoms with van der Waals surface area (Å²) in [6.07, 6.45) is 12.8. The van der Waals surface area contributed by atoms with Crippen LogP contribution in [0.2, 0.25) is 0 Å². The van der Waals surface area contributed by atoms with E-state index in [2.05, 4.69) is 57.6 Å². The number of hydrogen-bond donors (Lipinski definition) is 6. The second kappa shape index (κ2) is 25.1. The van der Waals surface area contributed by atoms with E-state index in [9.17, 15) is 19.5 Å². The van der Waals surface area contributed by atoms with Crippen molar-refractivity contribution in [1.29, 1.82) is 0 Å². The van der Waals surface area contributed by atoms with E-state index < -0.39 is 17.9 Å². The van der Waals surface area contributed by atoms with Gasteiger partial charge in [-0.1, -0.05) is 12.8 Å². The summed E-state index contributed by atoms with van der Waals surface area (Å²) in [4.78, 5) is 73.2. The van der Waals surface area contributed by atoms with Crippen LogP contribution in [0.4, 0.5) is 48.9 Å². The average molecular weight is 1160 g/mol. The number of aromatic nitrogens is 6. The number of aromatic amines is 2. The standard InChI is InChI=1S/C64H71F2N13O6/c1-38(2)84-56-33-46(49(66)32-47(56)64(83)79-22-5-4-6-23-79)53-35-55(60-51(73-53)17-21-68-63(60)82)75-57-14-11-41(36-69-57)77-24-18-43(19-25-77)85-44-9-7-8-39(30-44)61(80)71-40-10-13-45(48(65)31-40)52-34-54(59-50(72-52)16-20-67-62(59)81)74-58-15-12-42(37-70-58)78-28-26-76(3)27-29-78/h10-17,20-21,31-39,43-44,64,83H,4-9,18-19,22-30H2,1-3H3,(H,67,81)(H,68,82)(H,71,80)(H,69,73,75)(H,70,72,74). The van der Waals surface area contributed by atoms with Crippen LogP contribution in [-0.4, -0.2) is 128 Å². The number of amides is 1. The van der Waals surface area contributed by atoms with Crippen molar-refractivity contribution < 1.29 is 28.2 Å². The van der Waals surface area contributed by atoms with Gasteiger partial charge in [-0.2, -0.15) is 0 Å². The van der Waals surface area contributed by atoms with Crippen molar-refractivity contribution in [2.45, 2.75) is 96.2 Å². The van der Waals surface area contributed by atoms with Crippen LogP contribution in [0.25, 0.3) is 44.3 Å². The number of likely N-dealkylation sites (tertiary alicyclic amines) is 1. The van der Waals surface area contributed by atoms with Gasteiger partial charge in [0.25, 0.3) is 11.1 Å². The van der Waals surface area contributed by atoms with Crippen molar-refractivity contribution >= 4 is 67.8 Å². The molecule has 8 aromatic rings. The van der Waals surface area contributed by atoms with Gasteiger partial charge in [0.2, 0.25) is 5.91 Å². The zero-order valence-electron chi connectivity index (χ0n) is 48.0. The molecule has 0 radical (unpaired) electrons. The first kappa shape index (κ1) is 57.1. The fraction of sp³-hybridized carbons (Fsp3) is 0.391. The van der Waals surface area contributed by atoms with Crippen LogP contribution in [0.1, 0.15) is 83.4 Å². The van der Waals surface area contributed by atoms with Crippen molar-refractivity contribution in [1.82, 2.24) is 39.7 Å². The molecular formula is C64H71F2N13O6. The summed E-state index contributed by atoms with van der Waals surface area (Å²) in [5.74, 6) is -0.273. The fourth-order valence-corrected chi connectivity index (χ4v) is 12.2. The molecule has 6 N–H and O–H groups in total. The van der Waals surface area contributed by atoms with Crippen molar-refractivity contribution in [2.75, 3.05) is 85.2 Å². The monoisotopic (exact) mass is 1160 g/mol. The number of H-pyrrole nitrogens is 2. The molecule has 1 saturated carbocycles. The van der Waals surface area contributed by atoms with Gasteiger partial charge in [0.05, 0.1) is 86.6 Å². The van der Waals surface area contributed by atoms with Crippen LogP contribution in [0, 0.1) is 17.6 Å². The number of fused-ring (bicyclic) bond motifs is 2. The quantitative estimate of drug-likeness (QED) is 0.0530. The first-order valence-corrected chi connectivity index (χ1v) is 29.6. The maximum atomic E-state index is 16.3. The van der Waals surface area contributed by atoms with Gasteiger partial charge in [-0.05, 0) is 145 Å². The van der Waals surface area contributed by atoms with Crippen LogP contribution in [0.5, 0.6) is 5.75 Å². The molecule has 3 aliphatic heterocycles. The molecular weight excluding hydrogens is 1080 g/mol. The minimum Gasteiger partial charge on any atom is -0.491 e. The Morgan fingerprint density at radius 3 is 1.85 bits per heavy atom. The lowest BCUT2D eigenvalue weighted by molar-refractivity contribution is -0.124. The van der Waals surface area contributed by atoms with Crippen LogP contribution >= 0.6 is 0 Å². The number of halogens is 2. The minimum atomic E-state index is -1.03. The SMILES string of the molecule is CC(C)Oc1cc(-c2cc(Nc3ccc(N4CCC(OC5CCCC(C(=O)Nc6ccc(-c7cc(Nc8ccc(N9CCN(C)CC9)cn8)c8c(=O)[nH]ccc8n7)c(F)c6)C5)CC4)cn3)c3c(=O)[nH]ccc3n2)c(F)cc1C(O)N1CCCCC1. The Morgan fingerprint density at radius 1 is 0.659 bits per heavy atom. The number of aliphatic hydroxyl groups is 1. The molecule has 2 aromatic carbocycles. The molecule has 442 valence electrons. The lowest BCUT2D eigenvalue weighted by Gasteiger charge is -2.37. The number of piperidine rings is 2. The van der Waals surface area contributed by atoms with Crippen molar-refractivity contribution in [3.8, 4) is 28.3 Å². The van der Waals surface area contributed by atoms with Gasteiger partial charge in [-0.25, -0.2) is 28.7 Å². The number of carbonyl (C=O) groups is 1. The molecule has 85 heavy (non-hydrogen) atoms. The zero-order valence-corrected chi connectivity index (χ0v) is 48.0. The molecule has 12 rings (SSSR count). The molecule has 3 unspecified atom stereocenters. The van der Waals surface area contributed by atoms with Crippen molar-refractivity contribution in [3.05, 3.63) is 142 Å². The summed E-state index contributed by atoms with van der Waals surface area (Å²) in [7, 11) is 2.11. The molecule has 0 bridgehead atoms. The van der Waals surface area contributed by atoms with E-state index in [1.807, 2.05) is 49.2 Å². The average Bonchev–Trinajstić information content (AvgIpc) is 3.05. The number of likely N-dealkylation sites (N-methyl/N-ethyl adjacent to an activating group) is 1. The van der Waals surface area contributed by atoms with Crippen molar-refractivity contribution in [3.63, 3.8) is 0 Å². The van der Waals surface area contributed by atoms with Gasteiger partial charge in [0, 0.05) is 93.0 Å². The maximum Gasteiger partial charge on any atom is 0.259 e. The molecule has 1 aliphatic carbocycles. The highest BCUT2D eigenvalue weighted by atomic mass is 19.1. The molecule has 6 aromatic heterocycles. The third kappa shape index (κ3) is 12.8. The highest BCUT2D eigenvalue weighted by Crippen LogP contribution is 2.39. The van der Waals surface area contributed by atoms with E-state index in [4.69, 9.17) is 19.4 Å². The smallest absolute Gasteiger partial charge is 0.259 e. The number of anilines is 7. The van der Waals surface area contributed by atoms with Crippen LogP contribution in [0.3, 0.4) is 0 Å². The molecule has 0 spiro atoms. The Balaban J connectivity index is 0.658. The number of pyridine rings is 6. The zero-order chi connectivity index (χ0) is 58.7. The number of benzene rings is 2. The normalized spacial score (nSPS) is 18.7. The second-order valence-electron chi connectivity index (χ2n) is 23.1. The third-order valence-electron chi connectivity index (χ3n) is 16.8. The van der Waals surface area contributed by atoms with E-state index in [0.29, 0.717) is 93.4 Å². The van der Waals surface area contributed by atoms with E-state index >= 15 is 8.78 Å². The minimum absolute atomic E-state index is 0.0152. The molecule has 3 atom stereocenters. The summed E-state index contributed by atoms with van der Waals surface area (Å²) in [6, 6.07) is 21.8. The fourth-order valence-electron chi connectivity index (χ4n) is 12.2. The lowest BCUT2D eigenvalue weighted by Crippen LogP contribution is -2.44. The number of piperazine rings is 1. The predicted octanol–water partition coefficient (Wildman–Crippen LogP) is 10.2. The van der Waals surface area contributed by atoms with Gasteiger partial charge < -0.3 is 55.2 Å². The Bertz CT molecular complexity index is 3820. The molecule has 4 fully saturated rings. The summed E-state index contributed by atoms with van der Waals surface area (Å²) < 4.78 is 45.3. The largest absolute Gasteiger partial charge is 0.491 e. The highest BCUT2D eigenvalue weighted by molar-refractivity contribution is 5.96. The van der Waals surface area contributed by atoms with E-state index in [1.165, 1.54) is 24.5 Å². The van der Waals surface area contributed by atoms with Gasteiger partial charge in [-0.15, -0.1) is 0 Å². The molecule has 21 heteroatoms. The Labute approximate surface area is 490 Å². The number of nitrogens with zero attached hydrogens (tertiary/aromatic N) is 8. The van der Waals surface area contributed by atoms with E-state index in [-0.39, 0.29) is 58.1 Å². The summed E-state index contributed by atoms with van der Waals surface area (Å²) >= 11 is 0. The number of rotatable bonds is 16. The van der Waals surface area contributed by atoms with Gasteiger partial charge in [0.15, 0.2) is 0 Å². The van der Waals surface area contributed by atoms with Gasteiger partial charge in [-0.3, -0.25) is 19.3 Å². The number of carbonyl (C=O) groups excluding carboxylic acids is 1. The summed E-state index contributed by atoms with van der Waals surface area (Å²) in [5, 5.41) is 21.6. The number of aliphatic hydroxyl groups excluding tert-OH is 1. The molecule has 1 amide bonds. The predicted molar refractivity (Wildman–Crippen MR) is 327 cm³/mol. The number of hydrogen-bond acceptors (Lipinski definition) is 16. The lowest BCUT2D eigenvalue weighted by atomic mass is 9.86. The molecule has 3 saturated heterocycles.